The molecule has 1 N–H and O–H groups in total. The minimum absolute atomic E-state index is 0.489. The summed E-state index contributed by atoms with van der Waals surface area (Å²) in [5.74, 6) is 0.489. The standard InChI is InChI=1S/C15H19N/c1-3-4-5-8-12(2)14-11-16-15-10-7-6-9-13(14)15/h5-12,16H,3-4H2,1-2H3/b8-5+. The van der Waals surface area contributed by atoms with Gasteiger partial charge in [-0.25, -0.2) is 0 Å². The van der Waals surface area contributed by atoms with Crippen molar-refractivity contribution >= 4 is 10.9 Å². The summed E-state index contributed by atoms with van der Waals surface area (Å²) in [6, 6.07) is 8.48. The molecular weight excluding hydrogens is 194 g/mol. The van der Waals surface area contributed by atoms with E-state index in [-0.39, 0.29) is 0 Å². The maximum atomic E-state index is 3.33. The van der Waals surface area contributed by atoms with E-state index in [1.165, 1.54) is 29.3 Å². The molecule has 2 aromatic rings. The van der Waals surface area contributed by atoms with Crippen molar-refractivity contribution in [2.24, 2.45) is 0 Å². The van der Waals surface area contributed by atoms with Gasteiger partial charge < -0.3 is 4.98 Å². The molecular formula is C15H19N. The molecule has 0 saturated heterocycles. The van der Waals surface area contributed by atoms with E-state index in [0.717, 1.165) is 0 Å². The molecule has 0 aliphatic heterocycles. The normalized spacial score (nSPS) is 13.6. The first-order chi connectivity index (χ1) is 7.83. The number of rotatable bonds is 4. The van der Waals surface area contributed by atoms with Crippen LogP contribution in [-0.2, 0) is 0 Å². The lowest BCUT2D eigenvalue weighted by Gasteiger charge is -2.04. The van der Waals surface area contributed by atoms with Crippen LogP contribution in [0, 0.1) is 0 Å². The second kappa shape index (κ2) is 5.02. The second-order valence-electron chi connectivity index (χ2n) is 4.30. The van der Waals surface area contributed by atoms with Crippen molar-refractivity contribution in [1.82, 2.24) is 4.98 Å². The van der Waals surface area contributed by atoms with Crippen molar-refractivity contribution in [3.8, 4) is 0 Å². The molecule has 1 aromatic carbocycles. The number of hydrogen-bond acceptors (Lipinski definition) is 0. The lowest BCUT2D eigenvalue weighted by molar-refractivity contribution is 0.923. The van der Waals surface area contributed by atoms with Crippen LogP contribution in [0.2, 0.25) is 0 Å². The van der Waals surface area contributed by atoms with Gasteiger partial charge in [0.05, 0.1) is 0 Å². The van der Waals surface area contributed by atoms with E-state index < -0.39 is 0 Å². The topological polar surface area (TPSA) is 15.8 Å². The Balaban J connectivity index is 2.26. The molecule has 0 saturated carbocycles. The Bertz CT molecular complexity index is 479. The molecule has 84 valence electrons. The zero-order valence-corrected chi connectivity index (χ0v) is 10.0. The molecule has 1 heteroatoms. The Morgan fingerprint density at radius 2 is 2.12 bits per heavy atom. The van der Waals surface area contributed by atoms with Crippen LogP contribution in [0.1, 0.15) is 38.2 Å². The van der Waals surface area contributed by atoms with Gasteiger partial charge in [0.15, 0.2) is 0 Å². The molecule has 0 bridgehead atoms. The minimum Gasteiger partial charge on any atom is -0.361 e. The van der Waals surface area contributed by atoms with Crippen molar-refractivity contribution in [2.75, 3.05) is 0 Å². The van der Waals surface area contributed by atoms with E-state index in [2.05, 4.69) is 61.4 Å². The van der Waals surface area contributed by atoms with Crippen LogP contribution in [-0.4, -0.2) is 4.98 Å². The highest BCUT2D eigenvalue weighted by molar-refractivity contribution is 5.83. The van der Waals surface area contributed by atoms with E-state index in [9.17, 15) is 0 Å². The van der Waals surface area contributed by atoms with Crippen LogP contribution >= 0.6 is 0 Å². The molecule has 2 rings (SSSR count). The average molecular weight is 213 g/mol. The lowest BCUT2D eigenvalue weighted by atomic mass is 10.00. The zero-order valence-electron chi connectivity index (χ0n) is 10.0. The van der Waals surface area contributed by atoms with Gasteiger partial charge in [0, 0.05) is 23.0 Å². The van der Waals surface area contributed by atoms with Crippen LogP contribution in [0.4, 0.5) is 0 Å². The Morgan fingerprint density at radius 3 is 2.94 bits per heavy atom. The first-order valence-corrected chi connectivity index (χ1v) is 6.05. The van der Waals surface area contributed by atoms with Gasteiger partial charge in [-0.05, 0) is 18.1 Å². The van der Waals surface area contributed by atoms with Crippen molar-refractivity contribution in [3.63, 3.8) is 0 Å². The number of aromatic nitrogens is 1. The predicted molar refractivity (Wildman–Crippen MR) is 70.8 cm³/mol. The van der Waals surface area contributed by atoms with E-state index in [1.807, 2.05) is 0 Å². The molecule has 1 nitrogen and oxygen atoms in total. The third kappa shape index (κ3) is 2.19. The van der Waals surface area contributed by atoms with Crippen molar-refractivity contribution in [3.05, 3.63) is 48.2 Å². The molecule has 0 amide bonds. The van der Waals surface area contributed by atoms with Crippen LogP contribution in [0.25, 0.3) is 10.9 Å². The summed E-state index contributed by atoms with van der Waals surface area (Å²) < 4.78 is 0. The molecule has 1 aromatic heterocycles. The van der Waals surface area contributed by atoms with Gasteiger partial charge in [-0.1, -0.05) is 50.6 Å². The molecule has 1 atom stereocenters. The van der Waals surface area contributed by atoms with Crippen molar-refractivity contribution in [1.29, 1.82) is 0 Å². The molecule has 0 aliphatic rings. The minimum atomic E-state index is 0.489. The quantitative estimate of drug-likeness (QED) is 0.713. The maximum absolute atomic E-state index is 3.33. The first-order valence-electron chi connectivity index (χ1n) is 6.05. The van der Waals surface area contributed by atoms with Gasteiger partial charge in [-0.15, -0.1) is 0 Å². The van der Waals surface area contributed by atoms with E-state index in [0.29, 0.717) is 5.92 Å². The monoisotopic (exact) mass is 213 g/mol. The number of allylic oxidation sites excluding steroid dienone is 2. The summed E-state index contributed by atoms with van der Waals surface area (Å²) in [6.07, 6.45) is 9.11. The van der Waals surface area contributed by atoms with E-state index in [4.69, 9.17) is 0 Å². The number of aromatic amines is 1. The van der Waals surface area contributed by atoms with Crippen molar-refractivity contribution in [2.45, 2.75) is 32.6 Å². The fourth-order valence-electron chi connectivity index (χ4n) is 2.04. The van der Waals surface area contributed by atoms with Gasteiger partial charge in [-0.3, -0.25) is 0 Å². The number of fused-ring (bicyclic) bond motifs is 1. The number of unbranched alkanes of at least 4 members (excludes halogenated alkanes) is 1. The van der Waals surface area contributed by atoms with Crippen molar-refractivity contribution < 1.29 is 0 Å². The summed E-state index contributed by atoms with van der Waals surface area (Å²) in [5.41, 5.74) is 2.62. The molecule has 1 unspecified atom stereocenters. The summed E-state index contributed by atoms with van der Waals surface area (Å²) >= 11 is 0. The lowest BCUT2D eigenvalue weighted by Crippen LogP contribution is -1.86. The van der Waals surface area contributed by atoms with Crippen LogP contribution < -0.4 is 0 Å². The van der Waals surface area contributed by atoms with Gasteiger partial charge in [0.1, 0.15) is 0 Å². The Labute approximate surface area is 97.2 Å². The highest BCUT2D eigenvalue weighted by Gasteiger charge is 2.07. The Morgan fingerprint density at radius 1 is 1.31 bits per heavy atom. The number of nitrogens with one attached hydrogen (secondary N) is 1. The second-order valence-corrected chi connectivity index (χ2v) is 4.30. The van der Waals surface area contributed by atoms with Crippen LogP contribution in [0.5, 0.6) is 0 Å². The molecule has 0 fully saturated rings. The van der Waals surface area contributed by atoms with Gasteiger partial charge in [0.2, 0.25) is 0 Å². The van der Waals surface area contributed by atoms with Crippen LogP contribution in [0.3, 0.4) is 0 Å². The third-order valence-corrected chi connectivity index (χ3v) is 2.99. The summed E-state index contributed by atoms with van der Waals surface area (Å²) in [7, 11) is 0. The number of benzene rings is 1. The summed E-state index contributed by atoms with van der Waals surface area (Å²) in [4.78, 5) is 3.33. The fourth-order valence-corrected chi connectivity index (χ4v) is 2.04. The number of H-pyrrole nitrogens is 1. The SMILES string of the molecule is CCC/C=C/C(C)c1c[nH]c2ccccc12. The predicted octanol–water partition coefficient (Wildman–Crippen LogP) is 4.63. The first kappa shape index (κ1) is 11.0. The Kier molecular flexibility index (Phi) is 3.45. The van der Waals surface area contributed by atoms with Gasteiger partial charge in [0.25, 0.3) is 0 Å². The molecule has 16 heavy (non-hydrogen) atoms. The highest BCUT2D eigenvalue weighted by Crippen LogP contribution is 2.26. The highest BCUT2D eigenvalue weighted by atomic mass is 14.7. The molecule has 0 radical (unpaired) electrons. The number of hydrogen-bond donors (Lipinski definition) is 1. The van der Waals surface area contributed by atoms with E-state index in [1.54, 1.807) is 0 Å². The smallest absolute Gasteiger partial charge is 0.0457 e. The van der Waals surface area contributed by atoms with Gasteiger partial charge >= 0.3 is 0 Å². The van der Waals surface area contributed by atoms with Crippen LogP contribution in [0.15, 0.2) is 42.6 Å². The summed E-state index contributed by atoms with van der Waals surface area (Å²) in [5, 5.41) is 1.34. The number of para-hydroxylation sites is 1. The largest absolute Gasteiger partial charge is 0.361 e. The molecule has 1 heterocycles. The fraction of sp³-hybridized carbons (Fsp3) is 0.333. The summed E-state index contributed by atoms with van der Waals surface area (Å²) in [6.45, 7) is 4.46. The Hall–Kier alpha value is -1.50. The zero-order chi connectivity index (χ0) is 11.4. The third-order valence-electron chi connectivity index (χ3n) is 2.99. The molecule has 0 aliphatic carbocycles. The molecule has 0 spiro atoms. The maximum Gasteiger partial charge on any atom is 0.0457 e. The average Bonchev–Trinajstić information content (AvgIpc) is 2.73. The van der Waals surface area contributed by atoms with E-state index >= 15 is 0 Å². The van der Waals surface area contributed by atoms with Gasteiger partial charge in [-0.2, -0.15) is 0 Å².